The van der Waals surface area contributed by atoms with Crippen LogP contribution in [0.4, 0.5) is 5.13 Å². The summed E-state index contributed by atoms with van der Waals surface area (Å²) in [5.41, 5.74) is 0.943. The molecule has 1 aliphatic heterocycles. The van der Waals surface area contributed by atoms with Crippen LogP contribution < -0.4 is 5.32 Å². The number of carbonyl (C=O) groups is 2. The number of hydrogen-bond donors (Lipinski definition) is 1. The highest BCUT2D eigenvalue weighted by atomic mass is 32.1. The van der Waals surface area contributed by atoms with E-state index in [1.807, 2.05) is 17.0 Å². The second-order valence-corrected chi connectivity index (χ2v) is 8.55. The average Bonchev–Trinajstić information content (AvgIpc) is 3.47. The van der Waals surface area contributed by atoms with Gasteiger partial charge in [-0.3, -0.25) is 9.59 Å². The number of carbonyl (C=O) groups excluding carboxylic acids is 2. The molecule has 2 aliphatic rings. The fraction of sp³-hybridized carbons (Fsp3) is 0.381. The third kappa shape index (κ3) is 3.18. The van der Waals surface area contributed by atoms with E-state index in [1.165, 1.54) is 11.3 Å². The number of nitrogens with zero attached hydrogens (tertiary/aromatic N) is 2. The van der Waals surface area contributed by atoms with Crippen molar-refractivity contribution in [2.45, 2.75) is 25.7 Å². The Morgan fingerprint density at radius 3 is 2.56 bits per heavy atom. The quantitative estimate of drug-likeness (QED) is 0.747. The zero-order chi connectivity index (χ0) is 18.4. The standard InChI is InChI=1S/C21H21N3O2S/c25-19(14-9-11-24(12-10-14)20(26)15-5-6-15)23-21-22-18-16-4-2-1-3-13(16)7-8-17(18)27-21/h1-4,7-8,14-15H,5-6,9-12H2,(H,22,23,25). The minimum Gasteiger partial charge on any atom is -0.342 e. The van der Waals surface area contributed by atoms with E-state index in [-0.39, 0.29) is 23.7 Å². The first-order valence-corrected chi connectivity index (χ1v) is 10.4. The van der Waals surface area contributed by atoms with Crippen molar-refractivity contribution < 1.29 is 9.59 Å². The first-order valence-electron chi connectivity index (χ1n) is 9.57. The first-order chi connectivity index (χ1) is 13.2. The molecule has 2 aromatic carbocycles. The molecule has 1 N–H and O–H groups in total. The Morgan fingerprint density at radius 2 is 1.78 bits per heavy atom. The van der Waals surface area contributed by atoms with Gasteiger partial charge in [0.05, 0.1) is 10.2 Å². The molecule has 0 unspecified atom stereocenters. The lowest BCUT2D eigenvalue weighted by molar-refractivity contribution is -0.135. The largest absolute Gasteiger partial charge is 0.342 e. The maximum atomic E-state index is 12.7. The van der Waals surface area contributed by atoms with Gasteiger partial charge in [0.1, 0.15) is 0 Å². The summed E-state index contributed by atoms with van der Waals surface area (Å²) < 4.78 is 1.08. The number of likely N-dealkylation sites (tertiary alicyclic amines) is 1. The average molecular weight is 379 g/mol. The van der Waals surface area contributed by atoms with E-state index in [1.54, 1.807) is 0 Å². The van der Waals surface area contributed by atoms with Gasteiger partial charge < -0.3 is 10.2 Å². The Labute approximate surface area is 161 Å². The van der Waals surface area contributed by atoms with Crippen molar-refractivity contribution in [3.05, 3.63) is 36.4 Å². The predicted octanol–water partition coefficient (Wildman–Crippen LogP) is 4.04. The van der Waals surface area contributed by atoms with Crippen LogP contribution in [0.15, 0.2) is 36.4 Å². The van der Waals surface area contributed by atoms with Crippen LogP contribution in [0, 0.1) is 11.8 Å². The maximum Gasteiger partial charge on any atom is 0.229 e. The fourth-order valence-corrected chi connectivity index (χ4v) is 4.76. The van der Waals surface area contributed by atoms with Crippen LogP contribution >= 0.6 is 11.3 Å². The molecule has 1 aliphatic carbocycles. The van der Waals surface area contributed by atoms with Gasteiger partial charge in [0.25, 0.3) is 0 Å². The topological polar surface area (TPSA) is 62.3 Å². The van der Waals surface area contributed by atoms with Crippen LogP contribution in [0.3, 0.4) is 0 Å². The molecule has 1 saturated carbocycles. The Bertz CT molecular complexity index is 1030. The molecule has 0 radical (unpaired) electrons. The van der Waals surface area contributed by atoms with Gasteiger partial charge in [-0.15, -0.1) is 0 Å². The van der Waals surface area contributed by atoms with Crippen LogP contribution in [0.5, 0.6) is 0 Å². The van der Waals surface area contributed by atoms with Crippen molar-refractivity contribution in [3.8, 4) is 0 Å². The van der Waals surface area contributed by atoms with Gasteiger partial charge in [-0.25, -0.2) is 4.98 Å². The van der Waals surface area contributed by atoms with Crippen molar-refractivity contribution in [2.24, 2.45) is 11.8 Å². The molecule has 138 valence electrons. The number of nitrogens with one attached hydrogen (secondary N) is 1. The minimum absolute atomic E-state index is 0.0249. The number of piperidine rings is 1. The highest BCUT2D eigenvalue weighted by molar-refractivity contribution is 7.22. The molecule has 2 fully saturated rings. The predicted molar refractivity (Wildman–Crippen MR) is 108 cm³/mol. The SMILES string of the molecule is O=C(Nc1nc2c(ccc3ccccc32)s1)C1CCN(C(=O)C2CC2)CC1. The van der Waals surface area contributed by atoms with Crippen LogP contribution in [-0.2, 0) is 9.59 Å². The summed E-state index contributed by atoms with van der Waals surface area (Å²) in [6.07, 6.45) is 3.54. The number of hydrogen-bond acceptors (Lipinski definition) is 4. The van der Waals surface area contributed by atoms with Gasteiger partial charge >= 0.3 is 0 Å². The zero-order valence-corrected chi connectivity index (χ0v) is 15.8. The lowest BCUT2D eigenvalue weighted by atomic mass is 9.95. The molecule has 5 rings (SSSR count). The van der Waals surface area contributed by atoms with Crippen molar-refractivity contribution in [1.82, 2.24) is 9.88 Å². The summed E-state index contributed by atoms with van der Waals surface area (Å²) in [6.45, 7) is 1.38. The van der Waals surface area contributed by atoms with Gasteiger partial charge in [0.2, 0.25) is 11.8 Å². The number of amides is 2. The molecule has 2 heterocycles. The van der Waals surface area contributed by atoms with E-state index in [4.69, 9.17) is 0 Å². The Balaban J connectivity index is 1.28. The van der Waals surface area contributed by atoms with Gasteiger partial charge in [0.15, 0.2) is 5.13 Å². The van der Waals surface area contributed by atoms with Gasteiger partial charge in [-0.2, -0.15) is 0 Å². The maximum absolute atomic E-state index is 12.7. The van der Waals surface area contributed by atoms with Crippen molar-refractivity contribution in [3.63, 3.8) is 0 Å². The molecular weight excluding hydrogens is 358 g/mol. The number of thiazole rings is 1. The zero-order valence-electron chi connectivity index (χ0n) is 15.0. The fourth-order valence-electron chi connectivity index (χ4n) is 3.87. The molecule has 1 aromatic heterocycles. The number of aromatic nitrogens is 1. The number of rotatable bonds is 3. The molecule has 5 nitrogen and oxygen atoms in total. The normalized spacial score (nSPS) is 18.1. The molecule has 3 aromatic rings. The molecule has 0 spiro atoms. The number of benzene rings is 2. The van der Waals surface area contributed by atoms with E-state index in [0.717, 1.165) is 46.7 Å². The minimum atomic E-state index is -0.0444. The smallest absolute Gasteiger partial charge is 0.229 e. The summed E-state index contributed by atoms with van der Waals surface area (Å²) in [5.74, 6) is 0.522. The van der Waals surface area contributed by atoms with E-state index in [2.05, 4.69) is 34.6 Å². The van der Waals surface area contributed by atoms with Gasteiger partial charge in [0, 0.05) is 30.3 Å². The lowest BCUT2D eigenvalue weighted by Gasteiger charge is -2.31. The number of anilines is 1. The molecule has 6 heteroatoms. The summed E-state index contributed by atoms with van der Waals surface area (Å²) >= 11 is 1.51. The van der Waals surface area contributed by atoms with Crippen molar-refractivity contribution >= 4 is 49.3 Å². The van der Waals surface area contributed by atoms with Crippen LogP contribution in [0.1, 0.15) is 25.7 Å². The van der Waals surface area contributed by atoms with Crippen LogP contribution in [0.2, 0.25) is 0 Å². The van der Waals surface area contributed by atoms with E-state index in [9.17, 15) is 9.59 Å². The van der Waals surface area contributed by atoms with Gasteiger partial charge in [-0.05, 0) is 37.1 Å². The summed E-state index contributed by atoms with van der Waals surface area (Å²) in [7, 11) is 0. The second-order valence-electron chi connectivity index (χ2n) is 7.52. The third-order valence-electron chi connectivity index (χ3n) is 5.62. The highest BCUT2D eigenvalue weighted by Crippen LogP contribution is 2.34. The highest BCUT2D eigenvalue weighted by Gasteiger charge is 2.36. The van der Waals surface area contributed by atoms with Crippen LogP contribution in [-0.4, -0.2) is 34.8 Å². The Kier molecular flexibility index (Phi) is 4.08. The Hall–Kier alpha value is -2.47. The second kappa shape index (κ2) is 6.60. The molecule has 0 bridgehead atoms. The summed E-state index contributed by atoms with van der Waals surface area (Å²) in [4.78, 5) is 31.4. The molecule has 0 atom stereocenters. The summed E-state index contributed by atoms with van der Waals surface area (Å²) in [6, 6.07) is 12.3. The molecular formula is C21H21N3O2S. The van der Waals surface area contributed by atoms with E-state index < -0.39 is 0 Å². The van der Waals surface area contributed by atoms with E-state index >= 15 is 0 Å². The molecule has 1 saturated heterocycles. The summed E-state index contributed by atoms with van der Waals surface area (Å²) in [5, 5.41) is 5.93. The van der Waals surface area contributed by atoms with Crippen LogP contribution in [0.25, 0.3) is 21.0 Å². The van der Waals surface area contributed by atoms with Crippen molar-refractivity contribution in [1.29, 1.82) is 0 Å². The lowest BCUT2D eigenvalue weighted by Crippen LogP contribution is -2.42. The van der Waals surface area contributed by atoms with Gasteiger partial charge in [-0.1, -0.05) is 41.7 Å². The van der Waals surface area contributed by atoms with Crippen molar-refractivity contribution in [2.75, 3.05) is 18.4 Å². The van der Waals surface area contributed by atoms with E-state index in [0.29, 0.717) is 18.2 Å². The Morgan fingerprint density at radius 1 is 1.00 bits per heavy atom. The first kappa shape index (κ1) is 16.7. The molecule has 27 heavy (non-hydrogen) atoms. The monoisotopic (exact) mass is 379 g/mol. The molecule has 2 amide bonds. The number of fused-ring (bicyclic) bond motifs is 3. The third-order valence-corrected chi connectivity index (χ3v) is 6.55.